The zero-order valence-corrected chi connectivity index (χ0v) is 4.39. The molecule has 0 N–H and O–H groups in total. The highest BCUT2D eigenvalue weighted by molar-refractivity contribution is 6.54. The second-order valence-electron chi connectivity index (χ2n) is 1.08. The van der Waals surface area contributed by atoms with Crippen LogP contribution in [0.15, 0.2) is 23.9 Å². The van der Waals surface area contributed by atoms with Crippen LogP contribution in [-0.4, -0.2) is 14.8 Å². The molecule has 0 saturated carbocycles. The Morgan fingerprint density at radius 3 is 2.17 bits per heavy atom. The summed E-state index contributed by atoms with van der Waals surface area (Å²) in [5, 5.41) is 0. The predicted octanol–water partition coefficient (Wildman–Crippen LogP) is 0.576. The van der Waals surface area contributed by atoms with Gasteiger partial charge >= 0.3 is 0 Å². The molecule has 0 bridgehead atoms. The first-order chi connectivity index (χ1) is 3.00. The van der Waals surface area contributed by atoms with Crippen molar-refractivity contribution in [2.24, 2.45) is 0 Å². The first-order valence-corrected chi connectivity index (χ1v) is 3.07. The Morgan fingerprint density at radius 2 is 2.00 bits per heavy atom. The van der Waals surface area contributed by atoms with Crippen LogP contribution in [-0.2, 0) is 0 Å². The Morgan fingerprint density at radius 1 is 1.00 bits per heavy atom. The van der Waals surface area contributed by atoms with Gasteiger partial charge in [0.1, 0.15) is 0 Å². The molecule has 0 aromatic rings. The number of rotatable bonds is 0. The van der Waals surface area contributed by atoms with E-state index in [9.17, 15) is 0 Å². The van der Waals surface area contributed by atoms with E-state index >= 15 is 0 Å². The zero-order valence-electron chi connectivity index (χ0n) is 3.39. The molecule has 29 valence electrons. The van der Waals surface area contributed by atoms with Gasteiger partial charge in [0.15, 0.2) is 0 Å². The highest BCUT2D eigenvalue weighted by atomic mass is 28.2. The molecule has 0 aliphatic carbocycles. The third kappa shape index (κ3) is 0.758. The maximum Gasteiger partial charge on any atom is 0.0505 e. The molecule has 1 radical (unpaired) electrons. The summed E-state index contributed by atoms with van der Waals surface area (Å²) in [6, 6.07) is 0. The summed E-state index contributed by atoms with van der Waals surface area (Å²) in [5.41, 5.74) is 4.31. The maximum atomic E-state index is 2.15. The van der Waals surface area contributed by atoms with Crippen molar-refractivity contribution in [1.82, 2.24) is 0 Å². The third-order valence-electron chi connectivity index (χ3n) is 0.607. The Bertz CT molecular complexity index is 73.3. The van der Waals surface area contributed by atoms with Crippen molar-refractivity contribution in [2.45, 2.75) is 0 Å². The van der Waals surface area contributed by atoms with Crippen LogP contribution < -0.4 is 0 Å². The molecule has 0 aromatic heterocycles. The summed E-state index contributed by atoms with van der Waals surface area (Å²) >= 11 is 0. The van der Waals surface area contributed by atoms with E-state index in [4.69, 9.17) is 0 Å². The SMILES string of the molecule is C1=CC=[Si]C=C1. The Balaban J connectivity index is 2.77. The summed E-state index contributed by atoms with van der Waals surface area (Å²) in [6.07, 6.45) is 6.17. The third-order valence-corrected chi connectivity index (χ3v) is 1.38. The van der Waals surface area contributed by atoms with Crippen LogP contribution in [0.5, 0.6) is 0 Å². The van der Waals surface area contributed by atoms with Crippen LogP contribution in [0.2, 0.25) is 0 Å². The fraction of sp³-hybridized carbons (Fsp3) is 0. The molecule has 1 heterocycles. The first-order valence-electron chi connectivity index (χ1n) is 1.91. The van der Waals surface area contributed by atoms with Crippen LogP contribution >= 0.6 is 0 Å². The van der Waals surface area contributed by atoms with E-state index in [1.165, 1.54) is 0 Å². The molecule has 1 aliphatic rings. The minimum absolute atomic E-state index is 0.909. The smallest absolute Gasteiger partial charge is 0.0505 e. The van der Waals surface area contributed by atoms with Gasteiger partial charge in [-0.25, -0.2) is 0 Å². The number of hydrogen-bond acceptors (Lipinski definition) is 0. The lowest BCUT2D eigenvalue weighted by atomic mass is 10.5. The molecular formula is C5H5Si. The van der Waals surface area contributed by atoms with Crippen molar-refractivity contribution in [3.63, 3.8) is 0 Å². The Kier molecular flexibility index (Phi) is 1.17. The van der Waals surface area contributed by atoms with Gasteiger partial charge in [0.25, 0.3) is 0 Å². The van der Waals surface area contributed by atoms with E-state index < -0.39 is 0 Å². The van der Waals surface area contributed by atoms with E-state index in [2.05, 4.69) is 23.5 Å². The Hall–Kier alpha value is -0.433. The van der Waals surface area contributed by atoms with Crippen LogP contribution in [0.3, 0.4) is 0 Å². The molecule has 0 atom stereocenters. The fourth-order valence-corrected chi connectivity index (χ4v) is 0.897. The van der Waals surface area contributed by atoms with Crippen molar-refractivity contribution in [1.29, 1.82) is 0 Å². The van der Waals surface area contributed by atoms with E-state index in [0.29, 0.717) is 0 Å². The second kappa shape index (κ2) is 1.87. The van der Waals surface area contributed by atoms with Crippen molar-refractivity contribution in [3.05, 3.63) is 23.9 Å². The first kappa shape index (κ1) is 3.75. The quantitative estimate of drug-likeness (QED) is 0.384. The van der Waals surface area contributed by atoms with Gasteiger partial charge in [-0.15, -0.1) is 0 Å². The minimum Gasteiger partial charge on any atom is -0.0772 e. The van der Waals surface area contributed by atoms with E-state index in [-0.39, 0.29) is 0 Å². The molecule has 0 aromatic carbocycles. The van der Waals surface area contributed by atoms with Crippen molar-refractivity contribution < 1.29 is 0 Å². The van der Waals surface area contributed by atoms with Gasteiger partial charge in [-0.2, -0.15) is 0 Å². The lowest BCUT2D eigenvalue weighted by Gasteiger charge is -1.76. The fourth-order valence-electron chi connectivity index (χ4n) is 0.342. The second-order valence-corrected chi connectivity index (χ2v) is 2.08. The number of allylic oxidation sites excluding steroid dienone is 3. The summed E-state index contributed by atoms with van der Waals surface area (Å²) < 4.78 is 0. The molecule has 0 amide bonds. The van der Waals surface area contributed by atoms with Gasteiger partial charge in [-0.05, 0) is 0 Å². The maximum absolute atomic E-state index is 2.15. The van der Waals surface area contributed by atoms with Gasteiger partial charge < -0.3 is 0 Å². The molecular weight excluding hydrogens is 88.1 g/mol. The van der Waals surface area contributed by atoms with E-state index in [0.717, 1.165) is 9.13 Å². The summed E-state index contributed by atoms with van der Waals surface area (Å²) in [7, 11) is 0.909. The molecule has 0 fully saturated rings. The minimum atomic E-state index is 0.909. The van der Waals surface area contributed by atoms with Gasteiger partial charge in [0.05, 0.1) is 9.13 Å². The standard InChI is InChI=1S/C5H5Si/c1-2-4-6-5-3-1/h1-5H. The highest BCUT2D eigenvalue weighted by Crippen LogP contribution is 1.74. The van der Waals surface area contributed by atoms with Crippen molar-refractivity contribution in [3.8, 4) is 0 Å². The summed E-state index contributed by atoms with van der Waals surface area (Å²) in [5.74, 6) is 0. The normalized spacial score (nSPS) is 16.0. The topological polar surface area (TPSA) is 0 Å². The highest BCUT2D eigenvalue weighted by Gasteiger charge is 1.66. The van der Waals surface area contributed by atoms with Crippen LogP contribution in [0.25, 0.3) is 0 Å². The average Bonchev–Trinajstić information content (AvgIpc) is 1.72. The largest absolute Gasteiger partial charge is 0.0772 e. The van der Waals surface area contributed by atoms with E-state index in [1.807, 2.05) is 6.08 Å². The number of hydrogen-bond donors (Lipinski definition) is 0. The Labute approximate surface area is 39.6 Å². The van der Waals surface area contributed by atoms with Gasteiger partial charge in [0.2, 0.25) is 0 Å². The van der Waals surface area contributed by atoms with Crippen molar-refractivity contribution >= 4 is 14.8 Å². The zero-order chi connectivity index (χ0) is 4.24. The molecule has 0 nitrogen and oxygen atoms in total. The van der Waals surface area contributed by atoms with Gasteiger partial charge in [-0.1, -0.05) is 29.6 Å². The summed E-state index contributed by atoms with van der Waals surface area (Å²) in [6.45, 7) is 0. The van der Waals surface area contributed by atoms with Crippen LogP contribution in [0, 0.1) is 0 Å². The molecule has 1 aliphatic heterocycles. The van der Waals surface area contributed by atoms with Crippen LogP contribution in [0.4, 0.5) is 0 Å². The molecule has 0 saturated heterocycles. The molecule has 0 unspecified atom stereocenters. The summed E-state index contributed by atoms with van der Waals surface area (Å²) in [4.78, 5) is 0. The van der Waals surface area contributed by atoms with Gasteiger partial charge in [0, 0.05) is 0 Å². The average molecular weight is 93.2 g/mol. The van der Waals surface area contributed by atoms with Crippen molar-refractivity contribution in [2.75, 3.05) is 0 Å². The van der Waals surface area contributed by atoms with Crippen LogP contribution in [0.1, 0.15) is 0 Å². The predicted molar refractivity (Wildman–Crippen MR) is 30.1 cm³/mol. The lowest BCUT2D eigenvalue weighted by molar-refractivity contribution is 2.05. The monoisotopic (exact) mass is 93.0 g/mol. The molecule has 1 heteroatoms. The lowest BCUT2D eigenvalue weighted by Crippen LogP contribution is -1.76. The van der Waals surface area contributed by atoms with E-state index in [1.54, 1.807) is 0 Å². The molecule has 6 heavy (non-hydrogen) atoms. The molecule has 0 spiro atoms. The molecule has 1 rings (SSSR count). The van der Waals surface area contributed by atoms with Gasteiger partial charge in [-0.3, -0.25) is 0 Å².